The molecule has 2 aliphatic rings. The number of aliphatic hydroxyl groups excluding tert-OH is 9. The summed E-state index contributed by atoms with van der Waals surface area (Å²) in [5.74, 6) is -7.72. The number of nitrogens with one attached hydrogen (secondary N) is 6. The summed E-state index contributed by atoms with van der Waals surface area (Å²) in [5, 5.41) is 121. The summed E-state index contributed by atoms with van der Waals surface area (Å²) in [5.41, 5.74) is 3.83. The van der Waals surface area contributed by atoms with E-state index in [2.05, 4.69) is 38.8 Å². The highest BCUT2D eigenvalue weighted by molar-refractivity contribution is 5.99. The number of likely N-dealkylation sites (tertiary alicyclic amines) is 2. The summed E-state index contributed by atoms with van der Waals surface area (Å²) in [4.78, 5) is 99.6. The second-order valence-electron chi connectivity index (χ2n) is 22.2. The lowest BCUT2D eigenvalue weighted by Gasteiger charge is -2.34. The number of hydrogen-bond donors (Lipinski definition) is 16. The fourth-order valence-corrected chi connectivity index (χ4v) is 10.2. The fourth-order valence-electron chi connectivity index (χ4n) is 10.2. The van der Waals surface area contributed by atoms with Crippen molar-refractivity contribution < 1.29 is 89.4 Å². The summed E-state index contributed by atoms with van der Waals surface area (Å²) in [6, 6.07) is 16.6. The number of nitrogens with zero attached hydrogens (tertiary/aromatic N) is 2. The molecule has 4 aromatic rings. The van der Waals surface area contributed by atoms with Crippen LogP contribution in [0.1, 0.15) is 82.3 Å². The predicted octanol–water partition coefficient (Wildman–Crippen LogP) is -1.73. The number of ether oxygens (including phenoxy) is 1. The molecule has 16 N–H and O–H groups in total. The first-order valence-electron chi connectivity index (χ1n) is 28.9. The molecule has 2 fully saturated rings. The number of carbonyl (C=O) groups excluding carboxylic acids is 7. The highest BCUT2D eigenvalue weighted by atomic mass is 16.5. The van der Waals surface area contributed by atoms with E-state index < -0.39 is 165 Å². The summed E-state index contributed by atoms with van der Waals surface area (Å²) in [6.45, 7) is 5.09. The highest BCUT2D eigenvalue weighted by Gasteiger charge is 2.50. The topological polar surface area (TPSA) is 410 Å². The minimum absolute atomic E-state index is 0.0872. The average Bonchev–Trinajstić information content (AvgIpc) is 3.65. The van der Waals surface area contributed by atoms with Crippen molar-refractivity contribution in [2.45, 2.75) is 145 Å². The maximum atomic E-state index is 14.5. The number of β-amino-alcohol motifs (C(OH)–C–C–N with tert-alkyl or cyclic N) is 1. The molecule has 0 saturated carbocycles. The molecular formula is C61H82N8O18. The Hall–Kier alpha value is -7.63. The summed E-state index contributed by atoms with van der Waals surface area (Å²) in [6.07, 6.45) is -10.7. The van der Waals surface area contributed by atoms with Crippen LogP contribution in [0, 0.1) is 5.92 Å². The Morgan fingerprint density at radius 2 is 1.17 bits per heavy atom. The molecular weight excluding hydrogens is 1130 g/mol. The number of unbranched alkanes of at least 4 members (excludes halogenated alkanes) is 2. The Morgan fingerprint density at radius 1 is 0.632 bits per heavy atom. The number of carbonyl (C=O) groups is 7. The number of amides is 7. The monoisotopic (exact) mass is 1210 g/mol. The van der Waals surface area contributed by atoms with Crippen molar-refractivity contribution in [2.24, 2.45) is 5.92 Å². The van der Waals surface area contributed by atoms with Crippen LogP contribution < -0.4 is 36.6 Å². The molecule has 14 atom stereocenters. The third-order valence-corrected chi connectivity index (χ3v) is 15.3. The summed E-state index contributed by atoms with van der Waals surface area (Å²) < 4.78 is 5.83. The van der Waals surface area contributed by atoms with E-state index in [4.69, 9.17) is 4.74 Å². The minimum Gasteiger partial charge on any atom is -0.508 e. The molecule has 26 heteroatoms. The Morgan fingerprint density at radius 3 is 1.71 bits per heavy atom. The van der Waals surface area contributed by atoms with Crippen LogP contribution in [0.3, 0.4) is 0 Å². The maximum Gasteiger partial charge on any atom is 0.251 e. The molecule has 2 heterocycles. The Kier molecular flexibility index (Phi) is 25.1. The van der Waals surface area contributed by atoms with E-state index in [0.29, 0.717) is 6.61 Å². The van der Waals surface area contributed by atoms with Gasteiger partial charge in [-0.3, -0.25) is 38.9 Å². The second kappa shape index (κ2) is 31.8. The van der Waals surface area contributed by atoms with Gasteiger partial charge in [-0.05, 0) is 91.4 Å². The van der Waals surface area contributed by atoms with Crippen LogP contribution >= 0.6 is 0 Å². The van der Waals surface area contributed by atoms with E-state index >= 15 is 0 Å². The lowest BCUT2D eigenvalue weighted by molar-refractivity contribution is -0.148. The normalized spacial score (nSPS) is 20.7. The quantitative estimate of drug-likeness (QED) is 0.0212. The molecule has 0 radical (unpaired) electrons. The largest absolute Gasteiger partial charge is 0.508 e. The number of phenols is 1. The first kappa shape index (κ1) is 68.5. The van der Waals surface area contributed by atoms with E-state index in [1.165, 1.54) is 26.0 Å². The van der Waals surface area contributed by atoms with Crippen molar-refractivity contribution in [1.29, 1.82) is 0 Å². The van der Waals surface area contributed by atoms with Crippen molar-refractivity contribution in [3.05, 3.63) is 108 Å². The zero-order valence-electron chi connectivity index (χ0n) is 49.1. The number of hydrogen-bond acceptors (Lipinski definition) is 19. The van der Waals surface area contributed by atoms with Crippen LogP contribution in [0.25, 0.3) is 22.3 Å². The van der Waals surface area contributed by atoms with Crippen LogP contribution in [0.2, 0.25) is 0 Å². The Balaban J connectivity index is 1.12. The van der Waals surface area contributed by atoms with Gasteiger partial charge in [-0.2, -0.15) is 0 Å². The minimum atomic E-state index is -2.32. The molecule has 0 bridgehead atoms. The first-order chi connectivity index (χ1) is 41.4. The number of rotatable bonds is 29. The molecule has 7 amide bonds. The van der Waals surface area contributed by atoms with E-state index in [-0.39, 0.29) is 23.4 Å². The van der Waals surface area contributed by atoms with E-state index in [1.54, 1.807) is 24.3 Å². The van der Waals surface area contributed by atoms with E-state index in [0.717, 1.165) is 83.0 Å². The lowest BCUT2D eigenvalue weighted by Crippen LogP contribution is -2.65. The van der Waals surface area contributed by atoms with Gasteiger partial charge in [0.05, 0.1) is 62.9 Å². The molecule has 4 aromatic carbocycles. The molecule has 0 aliphatic carbocycles. The van der Waals surface area contributed by atoms with Crippen LogP contribution in [-0.4, -0.2) is 221 Å². The predicted molar refractivity (Wildman–Crippen MR) is 314 cm³/mol. The highest BCUT2D eigenvalue weighted by Crippen LogP contribution is 2.30. The Bertz CT molecular complexity index is 2930. The number of aromatic hydroxyl groups is 1. The smallest absolute Gasteiger partial charge is 0.251 e. The molecule has 6 rings (SSSR count). The van der Waals surface area contributed by atoms with Crippen LogP contribution in [0.4, 0.5) is 0 Å². The van der Waals surface area contributed by atoms with Crippen molar-refractivity contribution in [1.82, 2.24) is 41.7 Å². The molecule has 2 aliphatic heterocycles. The van der Waals surface area contributed by atoms with Gasteiger partial charge in [-0.1, -0.05) is 87.4 Å². The fraction of sp³-hybridized carbons (Fsp3) is 0.492. The number of phenolic OH excluding ortho intramolecular Hbond substituents is 1. The van der Waals surface area contributed by atoms with Crippen molar-refractivity contribution in [3.63, 3.8) is 0 Å². The van der Waals surface area contributed by atoms with Gasteiger partial charge < -0.3 is 92.2 Å². The Labute approximate surface area is 503 Å². The van der Waals surface area contributed by atoms with Crippen LogP contribution in [0.15, 0.2) is 97.1 Å². The van der Waals surface area contributed by atoms with Crippen molar-refractivity contribution in [3.8, 4) is 33.8 Å². The zero-order valence-corrected chi connectivity index (χ0v) is 49.1. The lowest BCUT2D eigenvalue weighted by atomic mass is 9.96. The summed E-state index contributed by atoms with van der Waals surface area (Å²) in [7, 11) is 0. The number of benzene rings is 4. The molecule has 0 aromatic heterocycles. The SMILES string of the molecule is CCCCCOc1ccc(-c2ccc(-c3ccc(C(=O)NCC(=O)NC(C(=O)N4C[C@H](O)CC4C(=O)NC(C(=O)NC(C(=O)N4C[C@H](C)[C@H](O)C4C(=O)NC(NC(CO)CO)[C@@H](C)O)[C@@H](C)O)[C@H](O)[C@@H](O)c4ccc(O)cc4)[C@@H](C)O)cc3)cc2)cc1. The van der Waals surface area contributed by atoms with Gasteiger partial charge in [0.1, 0.15) is 60.1 Å². The third-order valence-electron chi connectivity index (χ3n) is 15.3. The molecule has 26 nitrogen and oxygen atoms in total. The molecule has 87 heavy (non-hydrogen) atoms. The van der Waals surface area contributed by atoms with Gasteiger partial charge >= 0.3 is 0 Å². The standard InChI is InChI=1S/C61H82N8O18/c1-6-7-8-25-87-45-23-19-39(20-24-45)37-11-9-36(10-12-37)38-13-15-41(16-14-38)56(81)62-27-47(77)64-48(33(3)72)60(85)68-29-44(76)26-46(68)57(82)66-50(54(80)53(79)40-17-21-43(75)22-18-40)58(83)65-49(34(4)73)61(86)69-28-32(2)52(78)51(69)59(84)67-55(35(5)74)63-42(30-70)31-71/h9-24,32-35,42,44,46,48-55,63,70-76,78-80H,6-8,25-31H2,1-5H3,(H,62,81)(H,64,77)(H,65,83)(H,66,82)(H,67,84)/t32-,33+,34+,35+,44+,46?,48?,49?,50?,51?,52-,53-,54-,55?/m0/s1. The van der Waals surface area contributed by atoms with Gasteiger partial charge in [0.25, 0.3) is 5.91 Å². The molecule has 2 saturated heterocycles. The zero-order chi connectivity index (χ0) is 63.8. The maximum absolute atomic E-state index is 14.5. The van der Waals surface area contributed by atoms with Gasteiger partial charge in [-0.25, -0.2) is 0 Å². The van der Waals surface area contributed by atoms with Crippen LogP contribution in [0.5, 0.6) is 11.5 Å². The first-order valence-corrected chi connectivity index (χ1v) is 28.9. The van der Waals surface area contributed by atoms with Crippen molar-refractivity contribution in [2.75, 3.05) is 39.5 Å². The summed E-state index contributed by atoms with van der Waals surface area (Å²) >= 11 is 0. The van der Waals surface area contributed by atoms with E-state index in [1.807, 2.05) is 48.5 Å². The van der Waals surface area contributed by atoms with Gasteiger partial charge in [0.2, 0.25) is 35.4 Å². The molecule has 474 valence electrons. The van der Waals surface area contributed by atoms with Crippen molar-refractivity contribution >= 4 is 41.4 Å². The molecule has 0 spiro atoms. The van der Waals surface area contributed by atoms with Gasteiger partial charge in [-0.15, -0.1) is 0 Å². The third kappa shape index (κ3) is 18.0. The van der Waals surface area contributed by atoms with Gasteiger partial charge in [0, 0.05) is 31.0 Å². The number of aliphatic hydroxyl groups is 9. The van der Waals surface area contributed by atoms with Crippen LogP contribution in [-0.2, 0) is 28.8 Å². The van der Waals surface area contributed by atoms with Gasteiger partial charge in [0.15, 0.2) is 0 Å². The molecule has 6 unspecified atom stereocenters. The average molecular weight is 1220 g/mol. The second-order valence-corrected chi connectivity index (χ2v) is 22.2. The van der Waals surface area contributed by atoms with E-state index in [9.17, 15) is 84.6 Å².